The van der Waals surface area contributed by atoms with Crippen LogP contribution in [0, 0.1) is 0 Å². The lowest BCUT2D eigenvalue weighted by Crippen LogP contribution is -2.38. The van der Waals surface area contributed by atoms with Crippen molar-refractivity contribution < 1.29 is 24.2 Å². The number of ether oxygens (including phenoxy) is 2. The van der Waals surface area contributed by atoms with Crippen LogP contribution in [0.25, 0.3) is 0 Å². The molecule has 0 saturated carbocycles. The molecule has 0 saturated heterocycles. The normalized spacial score (nSPS) is 10.9. The summed E-state index contributed by atoms with van der Waals surface area (Å²) in [6.07, 6.45) is 4.21. The summed E-state index contributed by atoms with van der Waals surface area (Å²) < 4.78 is 10.8. The molecule has 8 heteroatoms. The molecule has 8 nitrogen and oxygen atoms in total. The number of carbonyl (C=O) groups excluding carboxylic acids is 2. The third-order valence-electron chi connectivity index (χ3n) is 3.48. The lowest BCUT2D eigenvalue weighted by Gasteiger charge is -2.10. The van der Waals surface area contributed by atoms with Crippen LogP contribution in [0.15, 0.2) is 29.9 Å². The molecule has 1 aromatic carbocycles. The van der Waals surface area contributed by atoms with E-state index in [4.69, 9.17) is 9.47 Å². The summed E-state index contributed by atoms with van der Waals surface area (Å²) >= 11 is 0. The fourth-order valence-corrected chi connectivity index (χ4v) is 2.23. The molecule has 0 unspecified atom stereocenters. The summed E-state index contributed by atoms with van der Waals surface area (Å²) in [6, 6.07) is 3.29. The minimum Gasteiger partial charge on any atom is -0.504 e. The predicted molar refractivity (Wildman–Crippen MR) is 108 cm³/mol. The number of nitrogens with zero attached hydrogens (tertiary/aromatic N) is 1. The topological polar surface area (TPSA) is 109 Å². The van der Waals surface area contributed by atoms with E-state index in [2.05, 4.69) is 22.4 Å². The fourth-order valence-electron chi connectivity index (χ4n) is 2.23. The van der Waals surface area contributed by atoms with Gasteiger partial charge in [0.25, 0.3) is 0 Å². The number of hydrazone groups is 1. The summed E-state index contributed by atoms with van der Waals surface area (Å²) in [5.74, 6) is -1.27. The predicted octanol–water partition coefficient (Wildman–Crippen LogP) is 1.90. The number of phenols is 1. The Hall–Kier alpha value is -2.87. The van der Waals surface area contributed by atoms with Crippen LogP contribution in [-0.2, 0) is 20.7 Å². The number of benzene rings is 1. The van der Waals surface area contributed by atoms with E-state index in [9.17, 15) is 14.7 Å². The zero-order valence-electron chi connectivity index (χ0n) is 16.7. The molecule has 0 bridgehead atoms. The van der Waals surface area contributed by atoms with E-state index >= 15 is 0 Å². The number of nitrogens with one attached hydrogen (secondary N) is 2. The molecule has 0 radical (unpaired) electrons. The van der Waals surface area contributed by atoms with E-state index in [-0.39, 0.29) is 11.9 Å². The first-order valence-corrected chi connectivity index (χ1v) is 9.21. The standard InChI is InChI=1S/C20H29N3O5/c1-5-8-16-11-15(12-17(18(16)24)27-6-2)13-22-23-20(26)19(25)21-9-7-10-28-14(3)4/h5,11-14,24H,1,6-10H2,2-4H3,(H,21,25)(H,23,26)/b22-13+. The third kappa shape index (κ3) is 8.22. The maximum absolute atomic E-state index is 11.8. The van der Waals surface area contributed by atoms with Crippen molar-refractivity contribution in [2.75, 3.05) is 19.8 Å². The summed E-state index contributed by atoms with van der Waals surface area (Å²) in [6.45, 7) is 10.6. The lowest BCUT2D eigenvalue weighted by atomic mass is 10.1. The molecule has 0 aromatic heterocycles. The molecule has 0 spiro atoms. The lowest BCUT2D eigenvalue weighted by molar-refractivity contribution is -0.139. The van der Waals surface area contributed by atoms with Crippen LogP contribution in [0.3, 0.4) is 0 Å². The number of rotatable bonds is 11. The van der Waals surface area contributed by atoms with Crippen LogP contribution in [0.2, 0.25) is 0 Å². The highest BCUT2D eigenvalue weighted by Gasteiger charge is 2.12. The first-order chi connectivity index (χ1) is 13.4. The highest BCUT2D eigenvalue weighted by molar-refractivity contribution is 6.35. The molecular formula is C20H29N3O5. The van der Waals surface area contributed by atoms with Crippen molar-refractivity contribution in [1.29, 1.82) is 0 Å². The van der Waals surface area contributed by atoms with Crippen LogP contribution in [0.4, 0.5) is 0 Å². The minimum atomic E-state index is -0.865. The molecular weight excluding hydrogens is 362 g/mol. The van der Waals surface area contributed by atoms with Crippen molar-refractivity contribution in [3.05, 3.63) is 35.9 Å². The Labute approximate surface area is 165 Å². The zero-order chi connectivity index (χ0) is 20.9. The number of carbonyl (C=O) groups is 2. The Morgan fingerprint density at radius 2 is 2.07 bits per heavy atom. The molecule has 0 aliphatic heterocycles. The molecule has 0 heterocycles. The van der Waals surface area contributed by atoms with E-state index in [0.717, 1.165) is 0 Å². The first-order valence-electron chi connectivity index (χ1n) is 9.21. The van der Waals surface area contributed by atoms with E-state index in [1.807, 2.05) is 13.8 Å². The Morgan fingerprint density at radius 1 is 1.32 bits per heavy atom. The number of phenolic OH excluding ortho intramolecular Hbond substituents is 1. The second-order valence-corrected chi connectivity index (χ2v) is 6.18. The molecule has 28 heavy (non-hydrogen) atoms. The number of allylic oxidation sites excluding steroid dienone is 1. The average Bonchev–Trinajstić information content (AvgIpc) is 2.64. The van der Waals surface area contributed by atoms with E-state index in [1.165, 1.54) is 6.21 Å². The Kier molecular flexibility index (Phi) is 10.3. The van der Waals surface area contributed by atoms with E-state index in [1.54, 1.807) is 25.1 Å². The summed E-state index contributed by atoms with van der Waals surface area (Å²) in [4.78, 5) is 23.5. The van der Waals surface area contributed by atoms with Crippen LogP contribution in [0.5, 0.6) is 11.5 Å². The smallest absolute Gasteiger partial charge is 0.329 e. The summed E-state index contributed by atoms with van der Waals surface area (Å²) in [5.41, 5.74) is 3.39. The molecule has 0 aliphatic carbocycles. The molecule has 1 rings (SSSR count). The van der Waals surface area contributed by atoms with Gasteiger partial charge in [-0.1, -0.05) is 6.08 Å². The molecule has 2 amide bonds. The molecule has 0 aliphatic rings. The number of aromatic hydroxyl groups is 1. The van der Waals surface area contributed by atoms with Crippen LogP contribution in [-0.4, -0.2) is 49.0 Å². The van der Waals surface area contributed by atoms with Gasteiger partial charge in [0.15, 0.2) is 11.5 Å². The quantitative estimate of drug-likeness (QED) is 0.175. The van der Waals surface area contributed by atoms with E-state index in [0.29, 0.717) is 49.5 Å². The molecule has 0 fully saturated rings. The van der Waals surface area contributed by atoms with Gasteiger partial charge in [0.1, 0.15) is 0 Å². The van der Waals surface area contributed by atoms with Gasteiger partial charge in [-0.2, -0.15) is 5.10 Å². The monoisotopic (exact) mass is 391 g/mol. The molecule has 154 valence electrons. The first kappa shape index (κ1) is 23.2. The molecule has 3 N–H and O–H groups in total. The van der Waals surface area contributed by atoms with Gasteiger partial charge in [0, 0.05) is 18.7 Å². The van der Waals surface area contributed by atoms with Gasteiger partial charge in [-0.3, -0.25) is 9.59 Å². The van der Waals surface area contributed by atoms with Crippen LogP contribution >= 0.6 is 0 Å². The van der Waals surface area contributed by atoms with Crippen molar-refractivity contribution >= 4 is 18.0 Å². The third-order valence-corrected chi connectivity index (χ3v) is 3.48. The van der Waals surface area contributed by atoms with Gasteiger partial charge < -0.3 is 19.9 Å². The maximum Gasteiger partial charge on any atom is 0.329 e. The van der Waals surface area contributed by atoms with Gasteiger partial charge in [0.2, 0.25) is 0 Å². The Bertz CT molecular complexity index is 701. The SMILES string of the molecule is C=CCc1cc(/C=N/NC(=O)C(=O)NCCCOC(C)C)cc(OCC)c1O. The van der Waals surface area contributed by atoms with Crippen molar-refractivity contribution in [3.8, 4) is 11.5 Å². The number of hydrogen-bond donors (Lipinski definition) is 3. The minimum absolute atomic E-state index is 0.0451. The summed E-state index contributed by atoms with van der Waals surface area (Å²) in [5, 5.41) is 16.4. The second kappa shape index (κ2) is 12.5. The van der Waals surface area contributed by atoms with Gasteiger partial charge in [-0.15, -0.1) is 6.58 Å². The van der Waals surface area contributed by atoms with Crippen molar-refractivity contribution in [1.82, 2.24) is 10.7 Å². The van der Waals surface area contributed by atoms with Gasteiger partial charge in [-0.25, -0.2) is 5.43 Å². The summed E-state index contributed by atoms with van der Waals surface area (Å²) in [7, 11) is 0. The number of hydrogen-bond acceptors (Lipinski definition) is 6. The van der Waals surface area contributed by atoms with Crippen LogP contribution < -0.4 is 15.5 Å². The highest BCUT2D eigenvalue weighted by Crippen LogP contribution is 2.31. The molecule has 1 aromatic rings. The van der Waals surface area contributed by atoms with Crippen molar-refractivity contribution in [3.63, 3.8) is 0 Å². The van der Waals surface area contributed by atoms with Crippen molar-refractivity contribution in [2.24, 2.45) is 5.10 Å². The Morgan fingerprint density at radius 3 is 2.71 bits per heavy atom. The zero-order valence-corrected chi connectivity index (χ0v) is 16.7. The average molecular weight is 391 g/mol. The van der Waals surface area contributed by atoms with Gasteiger partial charge in [-0.05, 0) is 51.3 Å². The van der Waals surface area contributed by atoms with Gasteiger partial charge in [0.05, 0.1) is 18.9 Å². The highest BCUT2D eigenvalue weighted by atomic mass is 16.5. The number of amides is 2. The largest absolute Gasteiger partial charge is 0.504 e. The van der Waals surface area contributed by atoms with Crippen LogP contribution in [0.1, 0.15) is 38.3 Å². The van der Waals surface area contributed by atoms with Gasteiger partial charge >= 0.3 is 11.8 Å². The second-order valence-electron chi connectivity index (χ2n) is 6.18. The Balaban J connectivity index is 2.59. The fraction of sp³-hybridized carbons (Fsp3) is 0.450. The maximum atomic E-state index is 11.8. The van der Waals surface area contributed by atoms with E-state index < -0.39 is 11.8 Å². The molecule has 0 atom stereocenters. The van der Waals surface area contributed by atoms with Crippen molar-refractivity contribution in [2.45, 2.75) is 39.7 Å².